The minimum Gasteiger partial charge on any atom is -0.390 e. The Bertz CT molecular complexity index is 739. The smallest absolute Gasteiger partial charge is 0.390 e. The minimum absolute atomic E-state index is 0.215. The van der Waals surface area contributed by atoms with Gasteiger partial charge >= 0.3 is 6.18 Å². The fourth-order valence-electron chi connectivity index (χ4n) is 9.02. The van der Waals surface area contributed by atoms with E-state index in [1.165, 1.54) is 38.2 Å². The molecule has 10 atom stereocenters. The summed E-state index contributed by atoms with van der Waals surface area (Å²) in [5.74, 6) is 2.28. The second-order valence-corrected chi connectivity index (χ2v) is 13.2. The zero-order valence-corrected chi connectivity index (χ0v) is 21.1. The predicted octanol–water partition coefficient (Wildman–Crippen LogP) is 8.18. The number of aliphatic hydroxyl groups is 1. The molecule has 0 spiro atoms. The first-order valence-electron chi connectivity index (χ1n) is 13.2. The Hall–Kier alpha value is -0.510. The van der Waals surface area contributed by atoms with Gasteiger partial charge in [-0.2, -0.15) is 13.2 Å². The maximum atomic E-state index is 13.0. The van der Waals surface area contributed by atoms with Gasteiger partial charge in [0.1, 0.15) is 0 Å². The average Bonchev–Trinajstić information content (AvgIpc) is 3.03. The molecule has 1 nitrogen and oxygen atoms in total. The van der Waals surface area contributed by atoms with E-state index in [0.717, 1.165) is 19.3 Å². The van der Waals surface area contributed by atoms with Gasteiger partial charge in [-0.3, -0.25) is 0 Å². The number of halogens is 3. The van der Waals surface area contributed by atoms with E-state index in [4.69, 9.17) is 0 Å². The van der Waals surface area contributed by atoms with Crippen LogP contribution < -0.4 is 0 Å². The van der Waals surface area contributed by atoms with Crippen LogP contribution in [0.1, 0.15) is 99.3 Å². The van der Waals surface area contributed by atoms with Gasteiger partial charge in [-0.05, 0) is 111 Å². The highest BCUT2D eigenvalue weighted by molar-refractivity contribution is 5.28. The van der Waals surface area contributed by atoms with Crippen LogP contribution in [0.15, 0.2) is 11.6 Å². The van der Waals surface area contributed by atoms with Crippen LogP contribution >= 0.6 is 0 Å². The first-order valence-corrected chi connectivity index (χ1v) is 13.2. The summed E-state index contributed by atoms with van der Waals surface area (Å²) in [6, 6.07) is 0. The van der Waals surface area contributed by atoms with Crippen molar-refractivity contribution in [1.82, 2.24) is 0 Å². The number of alkyl halides is 3. The molecule has 0 aromatic heterocycles. The number of allylic oxidation sites excluding steroid dienone is 1. The molecule has 1 N–H and O–H groups in total. The molecule has 0 aliphatic heterocycles. The van der Waals surface area contributed by atoms with E-state index >= 15 is 0 Å². The van der Waals surface area contributed by atoms with Crippen LogP contribution in [0.3, 0.4) is 0 Å². The van der Waals surface area contributed by atoms with E-state index in [1.807, 2.05) is 6.92 Å². The van der Waals surface area contributed by atoms with Crippen LogP contribution in [0.5, 0.6) is 0 Å². The van der Waals surface area contributed by atoms with Crippen molar-refractivity contribution in [3.63, 3.8) is 0 Å². The third kappa shape index (κ3) is 3.99. The van der Waals surface area contributed by atoms with Gasteiger partial charge < -0.3 is 5.11 Å². The van der Waals surface area contributed by atoms with E-state index in [0.29, 0.717) is 41.9 Å². The standard InChI is InChI=1S/C28H45F3O/c1-17(7-8-19(3)28(29,30)31)21-9-10-22-24-18(2)15-20-16-25(4,32)13-14-26(20,5)23(24)11-12-27(21,22)6/h15,17-19,21-24,32H,7-14,16H2,1-6H3/t17-,18+,19-,21-,22?,23?,24+,25+,26+,27-/m1/s1. The Balaban J connectivity index is 1.53. The summed E-state index contributed by atoms with van der Waals surface area (Å²) < 4.78 is 39.1. The van der Waals surface area contributed by atoms with E-state index in [9.17, 15) is 18.3 Å². The summed E-state index contributed by atoms with van der Waals surface area (Å²) in [5, 5.41) is 10.7. The average molecular weight is 455 g/mol. The molecule has 2 unspecified atom stereocenters. The highest BCUT2D eigenvalue weighted by Gasteiger charge is 2.61. The van der Waals surface area contributed by atoms with E-state index < -0.39 is 17.7 Å². The summed E-state index contributed by atoms with van der Waals surface area (Å²) >= 11 is 0. The number of hydrogen-bond donors (Lipinski definition) is 1. The van der Waals surface area contributed by atoms with Crippen molar-refractivity contribution >= 4 is 0 Å². The third-order valence-electron chi connectivity index (χ3n) is 11.1. The van der Waals surface area contributed by atoms with Crippen LogP contribution in [0.4, 0.5) is 13.2 Å². The molecule has 4 aliphatic rings. The Morgan fingerprint density at radius 2 is 1.69 bits per heavy atom. The van der Waals surface area contributed by atoms with Gasteiger partial charge in [-0.1, -0.05) is 46.3 Å². The molecule has 0 saturated heterocycles. The predicted molar refractivity (Wildman–Crippen MR) is 124 cm³/mol. The lowest BCUT2D eigenvalue weighted by atomic mass is 9.44. The van der Waals surface area contributed by atoms with E-state index in [1.54, 1.807) is 0 Å². The van der Waals surface area contributed by atoms with Crippen molar-refractivity contribution in [2.45, 2.75) is 111 Å². The van der Waals surface area contributed by atoms with Crippen LogP contribution in [-0.2, 0) is 0 Å². The fraction of sp³-hybridized carbons (Fsp3) is 0.929. The van der Waals surface area contributed by atoms with Crippen LogP contribution in [-0.4, -0.2) is 16.9 Å². The summed E-state index contributed by atoms with van der Waals surface area (Å²) in [7, 11) is 0. The second kappa shape index (κ2) is 8.02. The third-order valence-corrected chi connectivity index (χ3v) is 11.1. The summed E-state index contributed by atoms with van der Waals surface area (Å²) in [4.78, 5) is 0. The molecule has 0 bridgehead atoms. The normalized spacial score (nSPS) is 48.3. The molecule has 4 aliphatic carbocycles. The molecule has 0 aromatic carbocycles. The minimum atomic E-state index is -4.07. The van der Waals surface area contributed by atoms with Crippen molar-refractivity contribution in [2.24, 2.45) is 52.3 Å². The number of hydrogen-bond acceptors (Lipinski definition) is 1. The lowest BCUT2D eigenvalue weighted by Crippen LogP contribution is -2.54. The van der Waals surface area contributed by atoms with Gasteiger partial charge in [0, 0.05) is 0 Å². The fourth-order valence-corrected chi connectivity index (χ4v) is 9.02. The van der Waals surface area contributed by atoms with Crippen molar-refractivity contribution in [2.75, 3.05) is 0 Å². The highest BCUT2D eigenvalue weighted by atomic mass is 19.4. The molecule has 0 radical (unpaired) electrons. The van der Waals surface area contributed by atoms with Gasteiger partial charge in [0.25, 0.3) is 0 Å². The van der Waals surface area contributed by atoms with Gasteiger partial charge in [0.05, 0.1) is 11.5 Å². The maximum absolute atomic E-state index is 13.0. The van der Waals surface area contributed by atoms with Crippen LogP contribution in [0, 0.1) is 52.3 Å². The monoisotopic (exact) mass is 454 g/mol. The topological polar surface area (TPSA) is 20.2 Å². The zero-order valence-electron chi connectivity index (χ0n) is 21.1. The van der Waals surface area contributed by atoms with Gasteiger partial charge in [0.2, 0.25) is 0 Å². The summed E-state index contributed by atoms with van der Waals surface area (Å²) in [5.41, 5.74) is 1.41. The summed E-state index contributed by atoms with van der Waals surface area (Å²) in [6.45, 7) is 12.9. The van der Waals surface area contributed by atoms with Crippen molar-refractivity contribution in [1.29, 1.82) is 0 Å². The molecular weight excluding hydrogens is 409 g/mol. The van der Waals surface area contributed by atoms with Crippen molar-refractivity contribution in [3.8, 4) is 0 Å². The van der Waals surface area contributed by atoms with Gasteiger partial charge in [0.15, 0.2) is 0 Å². The SMILES string of the molecule is C[C@H](CC[C@@H](C)C(F)(F)F)[C@H]1CCC2[C@H]3C(CC[C@@]21C)[C@@]1(C)CC[C@](C)(O)CC1=C[C@@H]3C. The Morgan fingerprint density at radius 1 is 1.00 bits per heavy atom. The molecular formula is C28H45F3O. The van der Waals surface area contributed by atoms with Gasteiger partial charge in [-0.15, -0.1) is 0 Å². The molecule has 3 saturated carbocycles. The van der Waals surface area contributed by atoms with Crippen molar-refractivity contribution in [3.05, 3.63) is 11.6 Å². The molecule has 32 heavy (non-hydrogen) atoms. The van der Waals surface area contributed by atoms with E-state index in [2.05, 4.69) is 33.8 Å². The lowest BCUT2D eigenvalue weighted by Gasteiger charge is -2.60. The Labute approximate surface area is 193 Å². The zero-order chi connectivity index (χ0) is 23.7. The van der Waals surface area contributed by atoms with Gasteiger partial charge in [-0.25, -0.2) is 0 Å². The molecule has 0 aromatic rings. The van der Waals surface area contributed by atoms with Crippen LogP contribution in [0.25, 0.3) is 0 Å². The molecule has 3 fully saturated rings. The quantitative estimate of drug-likeness (QED) is 0.425. The first kappa shape index (κ1) is 24.6. The Morgan fingerprint density at radius 3 is 2.34 bits per heavy atom. The molecule has 0 heterocycles. The molecule has 4 heteroatoms. The lowest BCUT2D eigenvalue weighted by molar-refractivity contribution is -0.172. The number of rotatable bonds is 4. The van der Waals surface area contributed by atoms with Crippen molar-refractivity contribution < 1.29 is 18.3 Å². The molecule has 4 rings (SSSR count). The highest BCUT2D eigenvalue weighted by Crippen LogP contribution is 2.68. The summed E-state index contributed by atoms with van der Waals surface area (Å²) in [6.07, 6.45) is 7.05. The second-order valence-electron chi connectivity index (χ2n) is 13.2. The first-order chi connectivity index (χ1) is 14.7. The van der Waals surface area contributed by atoms with Crippen LogP contribution in [0.2, 0.25) is 0 Å². The Kier molecular flexibility index (Phi) is 6.17. The van der Waals surface area contributed by atoms with E-state index in [-0.39, 0.29) is 17.3 Å². The number of fused-ring (bicyclic) bond motifs is 5. The maximum Gasteiger partial charge on any atom is 0.391 e. The largest absolute Gasteiger partial charge is 0.391 e. The molecule has 0 amide bonds. The molecule has 184 valence electrons.